The minimum Gasteiger partial charge on any atom is -0.314 e. The summed E-state index contributed by atoms with van der Waals surface area (Å²) in [6, 6.07) is 0.724. The van der Waals surface area contributed by atoms with E-state index in [1.807, 2.05) is 0 Å². The van der Waals surface area contributed by atoms with Crippen LogP contribution in [0.1, 0.15) is 72.1 Å². The highest BCUT2D eigenvalue weighted by Crippen LogP contribution is 2.23. The first-order valence-corrected chi connectivity index (χ1v) is 7.63. The van der Waals surface area contributed by atoms with Crippen LogP contribution in [0.3, 0.4) is 0 Å². The molecule has 1 unspecified atom stereocenters. The first-order valence-electron chi connectivity index (χ1n) is 7.63. The van der Waals surface area contributed by atoms with Crippen molar-refractivity contribution in [3.8, 4) is 0 Å². The number of hydrogen-bond acceptors (Lipinski definition) is 1. The van der Waals surface area contributed by atoms with Gasteiger partial charge in [-0.15, -0.1) is 0 Å². The van der Waals surface area contributed by atoms with E-state index in [1.54, 1.807) is 5.57 Å². The third kappa shape index (κ3) is 6.88. The average molecular weight is 237 g/mol. The zero-order chi connectivity index (χ0) is 12.5. The highest BCUT2D eigenvalue weighted by Gasteiger charge is 2.12. The van der Waals surface area contributed by atoms with Gasteiger partial charge < -0.3 is 5.32 Å². The zero-order valence-corrected chi connectivity index (χ0v) is 12.1. The Balaban J connectivity index is 2.35. The molecule has 1 aliphatic carbocycles. The summed E-state index contributed by atoms with van der Waals surface area (Å²) < 4.78 is 0. The minimum absolute atomic E-state index is 0.724. The normalized spacial score (nSPS) is 18.2. The van der Waals surface area contributed by atoms with E-state index in [1.165, 1.54) is 57.9 Å². The fraction of sp³-hybridized carbons (Fsp3) is 0.875. The summed E-state index contributed by atoms with van der Waals surface area (Å²) in [5.41, 5.74) is 1.72. The molecule has 1 aliphatic rings. The maximum Gasteiger partial charge on any atom is 0.0104 e. The predicted molar refractivity (Wildman–Crippen MR) is 77.3 cm³/mol. The van der Waals surface area contributed by atoms with Gasteiger partial charge in [-0.05, 0) is 63.8 Å². The second-order valence-corrected chi connectivity index (χ2v) is 5.93. The van der Waals surface area contributed by atoms with Crippen LogP contribution in [0.15, 0.2) is 11.6 Å². The topological polar surface area (TPSA) is 12.0 Å². The van der Waals surface area contributed by atoms with Crippen LogP contribution in [-0.2, 0) is 0 Å². The zero-order valence-electron chi connectivity index (χ0n) is 12.1. The van der Waals surface area contributed by atoms with Crippen LogP contribution in [-0.4, -0.2) is 12.6 Å². The molecule has 0 aromatic rings. The van der Waals surface area contributed by atoms with E-state index < -0.39 is 0 Å². The van der Waals surface area contributed by atoms with Gasteiger partial charge >= 0.3 is 0 Å². The fourth-order valence-electron chi connectivity index (χ4n) is 2.57. The molecule has 0 saturated heterocycles. The quantitative estimate of drug-likeness (QED) is 0.604. The molecule has 0 aromatic carbocycles. The van der Waals surface area contributed by atoms with Crippen molar-refractivity contribution >= 4 is 0 Å². The molecule has 1 heteroatoms. The van der Waals surface area contributed by atoms with Crippen LogP contribution in [0.5, 0.6) is 0 Å². The predicted octanol–water partition coefficient (Wildman–Crippen LogP) is 4.68. The molecule has 100 valence electrons. The van der Waals surface area contributed by atoms with Crippen molar-refractivity contribution in [3.63, 3.8) is 0 Å². The lowest BCUT2D eigenvalue weighted by Crippen LogP contribution is -2.30. The standard InChI is InChI=1S/C16H31N/c1-4-12-17-16(11-10-14(2)3)13-15-8-6-5-7-9-15/h8,14,16-17H,4-7,9-13H2,1-3H3. The lowest BCUT2D eigenvalue weighted by atomic mass is 9.91. The van der Waals surface area contributed by atoms with E-state index >= 15 is 0 Å². The van der Waals surface area contributed by atoms with E-state index in [4.69, 9.17) is 0 Å². The molecule has 0 radical (unpaired) electrons. The Morgan fingerprint density at radius 2 is 2.06 bits per heavy atom. The Bertz CT molecular complexity index is 218. The van der Waals surface area contributed by atoms with Gasteiger partial charge in [0.1, 0.15) is 0 Å². The van der Waals surface area contributed by atoms with E-state index in [0.29, 0.717) is 0 Å². The Morgan fingerprint density at radius 3 is 2.65 bits per heavy atom. The molecule has 1 atom stereocenters. The molecular formula is C16H31N. The minimum atomic E-state index is 0.724. The maximum absolute atomic E-state index is 3.73. The van der Waals surface area contributed by atoms with Crippen molar-refractivity contribution in [2.75, 3.05) is 6.54 Å². The summed E-state index contributed by atoms with van der Waals surface area (Å²) in [7, 11) is 0. The van der Waals surface area contributed by atoms with Crippen LogP contribution >= 0.6 is 0 Å². The van der Waals surface area contributed by atoms with Crippen LogP contribution in [0.4, 0.5) is 0 Å². The third-order valence-corrected chi connectivity index (χ3v) is 3.67. The molecule has 0 spiro atoms. The fourth-order valence-corrected chi connectivity index (χ4v) is 2.57. The van der Waals surface area contributed by atoms with Gasteiger partial charge in [0, 0.05) is 6.04 Å². The summed E-state index contributed by atoms with van der Waals surface area (Å²) >= 11 is 0. The Kier molecular flexibility index (Phi) is 7.59. The molecule has 0 aromatic heterocycles. The third-order valence-electron chi connectivity index (χ3n) is 3.67. The Labute approximate surface area is 108 Å². The molecule has 0 saturated carbocycles. The molecule has 0 fully saturated rings. The van der Waals surface area contributed by atoms with Crippen molar-refractivity contribution in [1.29, 1.82) is 0 Å². The van der Waals surface area contributed by atoms with Gasteiger partial charge in [-0.25, -0.2) is 0 Å². The van der Waals surface area contributed by atoms with E-state index in [-0.39, 0.29) is 0 Å². The second kappa shape index (κ2) is 8.74. The maximum atomic E-state index is 3.73. The van der Waals surface area contributed by atoms with Gasteiger partial charge in [0.05, 0.1) is 0 Å². The number of hydrogen-bond donors (Lipinski definition) is 1. The lowest BCUT2D eigenvalue weighted by Gasteiger charge is -2.22. The lowest BCUT2D eigenvalue weighted by molar-refractivity contribution is 0.420. The second-order valence-electron chi connectivity index (χ2n) is 5.93. The first kappa shape index (κ1) is 14.8. The van der Waals surface area contributed by atoms with Crippen molar-refractivity contribution in [2.45, 2.75) is 78.2 Å². The number of rotatable bonds is 8. The molecular weight excluding hydrogens is 206 g/mol. The average Bonchev–Trinajstić information content (AvgIpc) is 2.34. The molecule has 17 heavy (non-hydrogen) atoms. The van der Waals surface area contributed by atoms with Crippen LogP contribution < -0.4 is 5.32 Å². The monoisotopic (exact) mass is 237 g/mol. The van der Waals surface area contributed by atoms with Crippen molar-refractivity contribution in [2.24, 2.45) is 5.92 Å². The molecule has 1 nitrogen and oxygen atoms in total. The largest absolute Gasteiger partial charge is 0.314 e. The molecule has 0 bridgehead atoms. The van der Waals surface area contributed by atoms with E-state index in [9.17, 15) is 0 Å². The van der Waals surface area contributed by atoms with Gasteiger partial charge in [-0.2, -0.15) is 0 Å². The van der Waals surface area contributed by atoms with Gasteiger partial charge in [-0.1, -0.05) is 32.4 Å². The summed E-state index contributed by atoms with van der Waals surface area (Å²) in [6.07, 6.45) is 13.2. The summed E-state index contributed by atoms with van der Waals surface area (Å²) in [6.45, 7) is 8.09. The highest BCUT2D eigenvalue weighted by molar-refractivity contribution is 5.07. The van der Waals surface area contributed by atoms with Gasteiger partial charge in [0.15, 0.2) is 0 Å². The Hall–Kier alpha value is -0.300. The molecule has 0 amide bonds. The van der Waals surface area contributed by atoms with Crippen LogP contribution in [0.2, 0.25) is 0 Å². The van der Waals surface area contributed by atoms with Gasteiger partial charge in [0.25, 0.3) is 0 Å². The van der Waals surface area contributed by atoms with Crippen molar-refractivity contribution < 1.29 is 0 Å². The van der Waals surface area contributed by atoms with Crippen molar-refractivity contribution in [1.82, 2.24) is 5.32 Å². The summed E-state index contributed by atoms with van der Waals surface area (Å²) in [5.74, 6) is 0.835. The van der Waals surface area contributed by atoms with Crippen LogP contribution in [0.25, 0.3) is 0 Å². The van der Waals surface area contributed by atoms with E-state index in [2.05, 4.69) is 32.2 Å². The van der Waals surface area contributed by atoms with Gasteiger partial charge in [-0.3, -0.25) is 0 Å². The smallest absolute Gasteiger partial charge is 0.0104 e. The number of nitrogens with one attached hydrogen (secondary N) is 1. The molecule has 1 N–H and O–H groups in total. The number of allylic oxidation sites excluding steroid dienone is 1. The first-order chi connectivity index (χ1) is 8.22. The summed E-state index contributed by atoms with van der Waals surface area (Å²) in [5, 5.41) is 3.73. The van der Waals surface area contributed by atoms with Crippen molar-refractivity contribution in [3.05, 3.63) is 11.6 Å². The van der Waals surface area contributed by atoms with Gasteiger partial charge in [0.2, 0.25) is 0 Å². The summed E-state index contributed by atoms with van der Waals surface area (Å²) in [4.78, 5) is 0. The molecule has 0 heterocycles. The van der Waals surface area contributed by atoms with Crippen LogP contribution in [0, 0.1) is 5.92 Å². The SMILES string of the molecule is CCCNC(CCC(C)C)CC1=CCCCC1. The Morgan fingerprint density at radius 1 is 1.24 bits per heavy atom. The van der Waals surface area contributed by atoms with E-state index in [0.717, 1.165) is 12.0 Å². The molecule has 0 aliphatic heterocycles. The molecule has 1 rings (SSSR count). The highest BCUT2D eigenvalue weighted by atomic mass is 14.9.